The normalized spacial score (nSPS) is 28.2. The molecule has 2 saturated carbocycles. The number of ether oxygens (including phenoxy) is 2. The second kappa shape index (κ2) is 9.03. The smallest absolute Gasteiger partial charge is 0.229 e. The molecule has 1 spiro atoms. The maximum Gasteiger partial charge on any atom is 0.229 e. The van der Waals surface area contributed by atoms with Gasteiger partial charge in [-0.3, -0.25) is 4.79 Å². The highest BCUT2D eigenvalue weighted by Gasteiger charge is 2.49. The fourth-order valence-electron chi connectivity index (χ4n) is 7.19. The van der Waals surface area contributed by atoms with Gasteiger partial charge >= 0.3 is 0 Å². The number of carbonyl (C=O) groups excluding carboxylic acids is 1. The quantitative estimate of drug-likeness (QED) is 0.537. The van der Waals surface area contributed by atoms with Crippen molar-refractivity contribution in [3.63, 3.8) is 0 Å². The van der Waals surface area contributed by atoms with Crippen LogP contribution in [-0.4, -0.2) is 48.8 Å². The van der Waals surface area contributed by atoms with E-state index in [1.807, 2.05) is 0 Å². The van der Waals surface area contributed by atoms with Gasteiger partial charge in [-0.05, 0) is 81.1 Å². The van der Waals surface area contributed by atoms with Gasteiger partial charge in [-0.25, -0.2) is 0 Å². The van der Waals surface area contributed by atoms with Crippen LogP contribution in [0.2, 0.25) is 0 Å². The molecule has 6 rings (SSSR count). The topological polar surface area (TPSA) is 50.8 Å². The van der Waals surface area contributed by atoms with Crippen LogP contribution in [0.5, 0.6) is 5.75 Å². The Morgan fingerprint density at radius 1 is 1.11 bits per heavy atom. The molecule has 1 aromatic rings. The average Bonchev–Trinajstić information content (AvgIpc) is 3.54. The van der Waals surface area contributed by atoms with Crippen LogP contribution < -0.4 is 10.1 Å². The lowest BCUT2D eigenvalue weighted by molar-refractivity contribution is -0.134. The third-order valence-electron chi connectivity index (χ3n) is 9.85. The van der Waals surface area contributed by atoms with Gasteiger partial charge < -0.3 is 19.7 Å². The Hall–Kier alpha value is -2.01. The molecule has 0 radical (unpaired) electrons. The largest absolute Gasteiger partial charge is 0.493 e. The van der Waals surface area contributed by atoms with Crippen LogP contribution in [-0.2, 0) is 20.4 Å². The molecule has 1 aromatic carbocycles. The van der Waals surface area contributed by atoms with E-state index < -0.39 is 0 Å². The molecule has 37 heavy (non-hydrogen) atoms. The number of rotatable bonds is 5. The fraction of sp³-hybridized carbons (Fsp3) is 0.719. The first-order chi connectivity index (χ1) is 17.6. The molecule has 2 unspecified atom stereocenters. The molecular formula is C32H46N2O3. The molecule has 1 N–H and O–H groups in total. The van der Waals surface area contributed by atoms with Gasteiger partial charge in [0, 0.05) is 34.8 Å². The van der Waals surface area contributed by atoms with Gasteiger partial charge in [0.05, 0.1) is 31.3 Å². The van der Waals surface area contributed by atoms with Gasteiger partial charge in [0.2, 0.25) is 5.91 Å². The molecular weight excluding hydrogens is 460 g/mol. The zero-order chi connectivity index (χ0) is 26.0. The minimum absolute atomic E-state index is 0.0118. The molecule has 1 amide bonds. The number of hydrogen-bond acceptors (Lipinski definition) is 4. The van der Waals surface area contributed by atoms with E-state index in [9.17, 15) is 4.79 Å². The van der Waals surface area contributed by atoms with Crippen LogP contribution in [0.1, 0.15) is 103 Å². The number of hydrogen-bond donors (Lipinski definition) is 1. The maximum absolute atomic E-state index is 13.6. The van der Waals surface area contributed by atoms with Crippen molar-refractivity contribution in [3.8, 4) is 5.75 Å². The van der Waals surface area contributed by atoms with E-state index in [0.717, 1.165) is 25.3 Å². The second-order valence-electron chi connectivity index (χ2n) is 14.0. The first-order valence-corrected chi connectivity index (χ1v) is 14.8. The van der Waals surface area contributed by atoms with E-state index in [2.05, 4.69) is 63.0 Å². The second-order valence-corrected chi connectivity index (χ2v) is 14.0. The summed E-state index contributed by atoms with van der Waals surface area (Å²) in [6.45, 7) is 14.3. The molecule has 2 aliphatic carbocycles. The molecule has 2 atom stereocenters. The summed E-state index contributed by atoms with van der Waals surface area (Å²) in [5.74, 6) is 1.82. The van der Waals surface area contributed by atoms with E-state index in [0.29, 0.717) is 24.5 Å². The summed E-state index contributed by atoms with van der Waals surface area (Å²) in [4.78, 5) is 16.2. The Morgan fingerprint density at radius 3 is 2.46 bits per heavy atom. The first-order valence-electron chi connectivity index (χ1n) is 14.8. The average molecular weight is 507 g/mol. The van der Waals surface area contributed by atoms with Crippen molar-refractivity contribution in [3.05, 3.63) is 34.9 Å². The van der Waals surface area contributed by atoms with Crippen molar-refractivity contribution in [1.29, 1.82) is 0 Å². The summed E-state index contributed by atoms with van der Waals surface area (Å²) < 4.78 is 11.8. The standard InChI is InChI=1S/C32H46N2O3/c1-21-24(29(35)33-31(5)19-36-20-31)17-27(34(21)18-22-9-7-6-8-10-22)23-15-25(30(2,3)4)28-26(16-23)32(11-12-32)13-14-37-28/h15-17,21-22,24H,6-14,18-20H2,1-5H3,(H,33,35). The number of benzene rings is 1. The molecule has 3 heterocycles. The van der Waals surface area contributed by atoms with Crippen LogP contribution in [0.25, 0.3) is 5.70 Å². The van der Waals surface area contributed by atoms with E-state index >= 15 is 0 Å². The van der Waals surface area contributed by atoms with Crippen LogP contribution in [0.15, 0.2) is 18.2 Å². The van der Waals surface area contributed by atoms with E-state index in [1.54, 1.807) is 0 Å². The number of amides is 1. The van der Waals surface area contributed by atoms with Crippen LogP contribution >= 0.6 is 0 Å². The molecule has 3 aliphatic heterocycles. The Balaban J connectivity index is 1.40. The monoisotopic (exact) mass is 506 g/mol. The molecule has 202 valence electrons. The van der Waals surface area contributed by atoms with Gasteiger partial charge in [-0.15, -0.1) is 0 Å². The Bertz CT molecular complexity index is 1070. The van der Waals surface area contributed by atoms with Crippen molar-refractivity contribution >= 4 is 11.6 Å². The minimum Gasteiger partial charge on any atom is -0.493 e. The van der Waals surface area contributed by atoms with Crippen LogP contribution in [0.3, 0.4) is 0 Å². The predicted molar refractivity (Wildman–Crippen MR) is 148 cm³/mol. The molecule has 0 bridgehead atoms. The lowest BCUT2D eigenvalue weighted by atomic mass is 9.79. The summed E-state index contributed by atoms with van der Waals surface area (Å²) >= 11 is 0. The minimum atomic E-state index is -0.234. The fourth-order valence-corrected chi connectivity index (χ4v) is 7.19. The van der Waals surface area contributed by atoms with Crippen LogP contribution in [0.4, 0.5) is 0 Å². The summed E-state index contributed by atoms with van der Waals surface area (Å²) in [5.41, 5.74) is 5.31. The van der Waals surface area contributed by atoms with Gasteiger partial charge in [-0.1, -0.05) is 40.0 Å². The Kier molecular flexibility index (Phi) is 6.17. The molecule has 1 saturated heterocycles. The van der Waals surface area contributed by atoms with Crippen molar-refractivity contribution in [1.82, 2.24) is 10.2 Å². The summed E-state index contributed by atoms with van der Waals surface area (Å²) in [6.07, 6.45) is 12.6. The third-order valence-corrected chi connectivity index (χ3v) is 9.85. The highest BCUT2D eigenvalue weighted by atomic mass is 16.5. The van der Waals surface area contributed by atoms with Gasteiger partial charge in [0.15, 0.2) is 0 Å². The highest BCUT2D eigenvalue weighted by molar-refractivity contribution is 5.86. The SMILES string of the molecule is CC1C(C(=O)NC2(C)COC2)C=C(c2cc(C(C)(C)C)c3c(c2)C2(CCO3)CC2)N1CC1CCCCC1. The van der Waals surface area contributed by atoms with Crippen molar-refractivity contribution in [2.24, 2.45) is 11.8 Å². The number of nitrogens with zero attached hydrogens (tertiary/aromatic N) is 1. The van der Waals surface area contributed by atoms with Crippen molar-refractivity contribution in [2.75, 3.05) is 26.4 Å². The number of carbonyl (C=O) groups is 1. The first kappa shape index (κ1) is 25.3. The summed E-state index contributed by atoms with van der Waals surface area (Å²) in [6, 6.07) is 4.96. The Morgan fingerprint density at radius 2 is 1.84 bits per heavy atom. The van der Waals surface area contributed by atoms with E-state index in [-0.39, 0.29) is 28.8 Å². The van der Waals surface area contributed by atoms with E-state index in [1.165, 1.54) is 67.3 Å². The number of nitrogens with one attached hydrogen (secondary N) is 1. The maximum atomic E-state index is 13.6. The summed E-state index contributed by atoms with van der Waals surface area (Å²) in [7, 11) is 0. The summed E-state index contributed by atoms with van der Waals surface area (Å²) in [5, 5.41) is 3.31. The molecule has 5 heteroatoms. The van der Waals surface area contributed by atoms with Gasteiger partial charge in [0.25, 0.3) is 0 Å². The predicted octanol–water partition coefficient (Wildman–Crippen LogP) is 5.94. The van der Waals surface area contributed by atoms with E-state index in [4.69, 9.17) is 9.47 Å². The Labute approximate surface area is 223 Å². The van der Waals surface area contributed by atoms with Gasteiger partial charge in [0.1, 0.15) is 5.75 Å². The molecule has 5 aliphatic rings. The van der Waals surface area contributed by atoms with Gasteiger partial charge in [-0.2, -0.15) is 0 Å². The van der Waals surface area contributed by atoms with Crippen molar-refractivity contribution in [2.45, 2.75) is 108 Å². The molecule has 0 aromatic heterocycles. The third kappa shape index (κ3) is 4.60. The lowest BCUT2D eigenvalue weighted by Gasteiger charge is -2.40. The molecule has 3 fully saturated rings. The molecule has 5 nitrogen and oxygen atoms in total. The van der Waals surface area contributed by atoms with Crippen molar-refractivity contribution < 1.29 is 14.3 Å². The van der Waals surface area contributed by atoms with Crippen LogP contribution in [0, 0.1) is 11.8 Å². The lowest BCUT2D eigenvalue weighted by Crippen LogP contribution is -2.61. The highest BCUT2D eigenvalue weighted by Crippen LogP contribution is 2.58. The zero-order valence-electron chi connectivity index (χ0n) is 23.6. The number of fused-ring (bicyclic) bond motifs is 2. The zero-order valence-corrected chi connectivity index (χ0v) is 23.6.